The van der Waals surface area contributed by atoms with E-state index in [1.165, 1.54) is 25.3 Å². The lowest BCUT2D eigenvalue weighted by molar-refractivity contribution is -0.139. The van der Waals surface area contributed by atoms with Crippen molar-refractivity contribution in [2.45, 2.75) is 70.3 Å². The van der Waals surface area contributed by atoms with Gasteiger partial charge in [-0.3, -0.25) is 9.59 Å². The topological polar surface area (TPSA) is 43.9 Å². The van der Waals surface area contributed by atoms with Crippen molar-refractivity contribution < 1.29 is 14.0 Å². The van der Waals surface area contributed by atoms with Crippen LogP contribution in [0.25, 0.3) is 0 Å². The predicted octanol–water partition coefficient (Wildman–Crippen LogP) is 4.10. The third-order valence-corrected chi connectivity index (χ3v) is 7.80. The standard InChI is InChI=1S/C24H32FN3O2/c25-20-16-19(27-14-4-8-22(27)29)9-10-21(20)26-13-5-11-24(17-26)12-15-28(23(24)30)18-6-2-1-3-7-18/h9-10,16,18H,1-8,11-15,17H2/t24-/m1/s1. The van der Waals surface area contributed by atoms with Crippen LogP contribution in [-0.4, -0.2) is 48.9 Å². The van der Waals surface area contributed by atoms with Crippen LogP contribution in [0.5, 0.6) is 0 Å². The second kappa shape index (κ2) is 7.86. The van der Waals surface area contributed by atoms with Crippen LogP contribution in [0.15, 0.2) is 18.2 Å². The van der Waals surface area contributed by atoms with Gasteiger partial charge in [0.25, 0.3) is 0 Å². The molecule has 3 aliphatic heterocycles. The number of nitrogens with zero attached hydrogens (tertiary/aromatic N) is 3. The number of halogens is 1. The molecule has 162 valence electrons. The zero-order valence-electron chi connectivity index (χ0n) is 17.7. The highest BCUT2D eigenvalue weighted by Gasteiger charge is 2.50. The fourth-order valence-corrected chi connectivity index (χ4v) is 6.15. The minimum atomic E-state index is -0.355. The highest BCUT2D eigenvalue weighted by molar-refractivity contribution is 5.95. The maximum atomic E-state index is 15.1. The molecule has 0 aromatic heterocycles. The zero-order chi connectivity index (χ0) is 20.7. The van der Waals surface area contributed by atoms with Crippen molar-refractivity contribution in [1.29, 1.82) is 0 Å². The summed E-state index contributed by atoms with van der Waals surface area (Å²) in [4.78, 5) is 31.4. The molecule has 0 radical (unpaired) electrons. The molecule has 4 aliphatic rings. The number of carbonyl (C=O) groups is 2. The van der Waals surface area contributed by atoms with E-state index in [1.807, 2.05) is 6.07 Å². The van der Waals surface area contributed by atoms with E-state index in [-0.39, 0.29) is 17.1 Å². The Hall–Kier alpha value is -2.11. The number of rotatable bonds is 3. The Morgan fingerprint density at radius 3 is 2.50 bits per heavy atom. The van der Waals surface area contributed by atoms with Gasteiger partial charge in [0.2, 0.25) is 11.8 Å². The van der Waals surface area contributed by atoms with Crippen molar-refractivity contribution in [3.8, 4) is 0 Å². The molecule has 5 rings (SSSR count). The van der Waals surface area contributed by atoms with Gasteiger partial charge in [-0.15, -0.1) is 0 Å². The number of amides is 2. The summed E-state index contributed by atoms with van der Waals surface area (Å²) in [6, 6.07) is 5.56. The van der Waals surface area contributed by atoms with E-state index < -0.39 is 0 Å². The van der Waals surface area contributed by atoms with E-state index in [4.69, 9.17) is 0 Å². The van der Waals surface area contributed by atoms with E-state index in [9.17, 15) is 9.59 Å². The van der Waals surface area contributed by atoms with Gasteiger partial charge in [0.15, 0.2) is 0 Å². The van der Waals surface area contributed by atoms with Gasteiger partial charge in [-0.2, -0.15) is 0 Å². The van der Waals surface area contributed by atoms with Crippen molar-refractivity contribution in [3.05, 3.63) is 24.0 Å². The normalized spacial score (nSPS) is 28.2. The molecular formula is C24H32FN3O2. The summed E-state index contributed by atoms with van der Waals surface area (Å²) in [5, 5.41) is 0. The predicted molar refractivity (Wildman–Crippen MR) is 115 cm³/mol. The van der Waals surface area contributed by atoms with Crippen molar-refractivity contribution in [2.75, 3.05) is 36.0 Å². The fraction of sp³-hybridized carbons (Fsp3) is 0.667. The largest absolute Gasteiger partial charge is 0.368 e. The summed E-state index contributed by atoms with van der Waals surface area (Å²) >= 11 is 0. The first-order valence-electron chi connectivity index (χ1n) is 11.7. The van der Waals surface area contributed by atoms with E-state index in [0.29, 0.717) is 42.8 Å². The van der Waals surface area contributed by atoms with Crippen LogP contribution in [-0.2, 0) is 9.59 Å². The van der Waals surface area contributed by atoms with Crippen LogP contribution in [0.2, 0.25) is 0 Å². The molecule has 30 heavy (non-hydrogen) atoms. The third-order valence-electron chi connectivity index (χ3n) is 7.80. The third kappa shape index (κ3) is 3.38. The SMILES string of the molecule is O=C1CCCN1c1ccc(N2CCC[C@@]3(CCN(C4CCCCC4)C3=O)C2)c(F)c1. The van der Waals surface area contributed by atoms with Crippen LogP contribution in [0.1, 0.15) is 64.2 Å². The van der Waals surface area contributed by atoms with Gasteiger partial charge in [-0.1, -0.05) is 19.3 Å². The van der Waals surface area contributed by atoms with Crippen molar-refractivity contribution in [3.63, 3.8) is 0 Å². The average molecular weight is 414 g/mol. The molecule has 1 saturated carbocycles. The quantitative estimate of drug-likeness (QED) is 0.749. The fourth-order valence-electron chi connectivity index (χ4n) is 6.15. The highest BCUT2D eigenvalue weighted by atomic mass is 19.1. The molecule has 0 bridgehead atoms. The Labute approximate surface area is 178 Å². The van der Waals surface area contributed by atoms with Crippen molar-refractivity contribution in [1.82, 2.24) is 4.90 Å². The van der Waals surface area contributed by atoms with Crippen molar-refractivity contribution >= 4 is 23.2 Å². The summed E-state index contributed by atoms with van der Waals surface area (Å²) < 4.78 is 15.1. The molecule has 0 N–H and O–H groups in total. The maximum absolute atomic E-state index is 15.1. The van der Waals surface area contributed by atoms with Crippen LogP contribution in [0, 0.1) is 11.2 Å². The molecule has 1 aromatic carbocycles. The highest BCUT2D eigenvalue weighted by Crippen LogP contribution is 2.44. The molecule has 1 aliphatic carbocycles. The number of carbonyl (C=O) groups excluding carboxylic acids is 2. The summed E-state index contributed by atoms with van der Waals surface area (Å²) in [6.45, 7) is 2.90. The number of hydrogen-bond donors (Lipinski definition) is 0. The molecule has 0 unspecified atom stereocenters. The molecule has 3 saturated heterocycles. The van der Waals surface area contributed by atoms with Crippen LogP contribution < -0.4 is 9.80 Å². The van der Waals surface area contributed by atoms with Gasteiger partial charge in [0, 0.05) is 44.3 Å². The number of hydrogen-bond acceptors (Lipinski definition) is 3. The second-order valence-electron chi connectivity index (χ2n) is 9.63. The smallest absolute Gasteiger partial charge is 0.230 e. The zero-order valence-corrected chi connectivity index (χ0v) is 17.7. The molecule has 6 heteroatoms. The van der Waals surface area contributed by atoms with Gasteiger partial charge >= 0.3 is 0 Å². The second-order valence-corrected chi connectivity index (χ2v) is 9.63. The van der Waals surface area contributed by atoms with Crippen LogP contribution in [0.4, 0.5) is 15.8 Å². The Balaban J connectivity index is 1.33. The molecule has 4 fully saturated rings. The van der Waals surface area contributed by atoms with Crippen LogP contribution >= 0.6 is 0 Å². The minimum absolute atomic E-state index is 0.0680. The van der Waals surface area contributed by atoms with Gasteiger partial charge in [0.1, 0.15) is 5.82 Å². The maximum Gasteiger partial charge on any atom is 0.230 e. The van der Waals surface area contributed by atoms with Crippen LogP contribution in [0.3, 0.4) is 0 Å². The van der Waals surface area contributed by atoms with E-state index >= 15 is 4.39 Å². The summed E-state index contributed by atoms with van der Waals surface area (Å²) in [5.41, 5.74) is 0.852. The van der Waals surface area contributed by atoms with Gasteiger partial charge in [-0.05, 0) is 56.7 Å². The molecule has 1 aromatic rings. The number of piperidine rings is 1. The molecular weight excluding hydrogens is 381 g/mol. The molecule has 3 heterocycles. The number of anilines is 2. The molecule has 1 spiro atoms. The van der Waals surface area contributed by atoms with Gasteiger partial charge in [0.05, 0.1) is 11.1 Å². The van der Waals surface area contributed by atoms with Crippen molar-refractivity contribution in [2.24, 2.45) is 5.41 Å². The Morgan fingerprint density at radius 2 is 1.77 bits per heavy atom. The Kier molecular flexibility index (Phi) is 5.19. The average Bonchev–Trinajstić information content (AvgIpc) is 3.32. The first kappa shape index (κ1) is 19.8. The Morgan fingerprint density at radius 1 is 0.933 bits per heavy atom. The first-order chi connectivity index (χ1) is 14.6. The molecule has 5 nitrogen and oxygen atoms in total. The lowest BCUT2D eigenvalue weighted by atomic mass is 9.78. The lowest BCUT2D eigenvalue weighted by Gasteiger charge is -2.41. The number of benzene rings is 1. The van der Waals surface area contributed by atoms with E-state index in [1.54, 1.807) is 11.0 Å². The number of likely N-dealkylation sites (tertiary alicyclic amines) is 1. The first-order valence-corrected chi connectivity index (χ1v) is 11.7. The van der Waals surface area contributed by atoms with Gasteiger partial charge in [-0.25, -0.2) is 4.39 Å². The molecule has 1 atom stereocenters. The lowest BCUT2D eigenvalue weighted by Crippen LogP contribution is -2.50. The Bertz CT molecular complexity index is 838. The summed E-state index contributed by atoms with van der Waals surface area (Å²) in [7, 11) is 0. The van der Waals surface area contributed by atoms with Gasteiger partial charge < -0.3 is 14.7 Å². The summed E-state index contributed by atoms with van der Waals surface area (Å²) in [6.07, 6.45) is 10.1. The minimum Gasteiger partial charge on any atom is -0.368 e. The monoisotopic (exact) mass is 413 g/mol. The van der Waals surface area contributed by atoms with E-state index in [0.717, 1.165) is 51.6 Å². The summed E-state index contributed by atoms with van der Waals surface area (Å²) in [5.74, 6) is 0.0797. The molecule has 2 amide bonds. The van der Waals surface area contributed by atoms with E-state index in [2.05, 4.69) is 9.80 Å².